The van der Waals surface area contributed by atoms with Gasteiger partial charge in [-0.3, -0.25) is 14.5 Å². The van der Waals surface area contributed by atoms with Gasteiger partial charge in [0.1, 0.15) is 12.0 Å². The molecular weight excluding hydrogens is 490 g/mol. The van der Waals surface area contributed by atoms with Crippen LogP contribution < -0.4 is 9.64 Å². The van der Waals surface area contributed by atoms with Gasteiger partial charge in [-0.05, 0) is 82.3 Å². The number of carbonyl (C=O) groups is 2. The van der Waals surface area contributed by atoms with E-state index in [1.807, 2.05) is 32.3 Å². The lowest BCUT2D eigenvalue weighted by Crippen LogP contribution is -2.42. The summed E-state index contributed by atoms with van der Waals surface area (Å²) < 4.78 is 5.18. The van der Waals surface area contributed by atoms with Crippen molar-refractivity contribution in [1.82, 2.24) is 9.80 Å². The van der Waals surface area contributed by atoms with Crippen LogP contribution in [0.2, 0.25) is 5.02 Å². The van der Waals surface area contributed by atoms with Gasteiger partial charge in [0.25, 0.3) is 11.7 Å². The van der Waals surface area contributed by atoms with E-state index in [1.54, 1.807) is 41.2 Å². The monoisotopic (exact) mass is 527 g/mol. The summed E-state index contributed by atoms with van der Waals surface area (Å²) in [5.41, 5.74) is 2.20. The number of hydrogen-bond donors (Lipinski definition) is 1. The highest BCUT2D eigenvalue weighted by Gasteiger charge is 2.30. The first kappa shape index (κ1) is 27.4. The zero-order valence-corrected chi connectivity index (χ0v) is 22.8. The molecule has 0 bridgehead atoms. The van der Waals surface area contributed by atoms with Gasteiger partial charge in [0.15, 0.2) is 0 Å². The number of aliphatic hydroxyl groups is 1. The second kappa shape index (κ2) is 12.3. The second-order valence-corrected chi connectivity index (χ2v) is 10.9. The lowest BCUT2D eigenvalue weighted by atomic mass is 9.82. The number of ether oxygens (including phenoxy) is 1. The Labute approximate surface area is 224 Å². The van der Waals surface area contributed by atoms with Crippen molar-refractivity contribution in [2.45, 2.75) is 38.3 Å². The molecule has 0 aliphatic carbocycles. The molecule has 2 fully saturated rings. The summed E-state index contributed by atoms with van der Waals surface area (Å²) in [6, 6.07) is 12.7. The lowest BCUT2D eigenvalue weighted by Gasteiger charge is -2.37. The SMILES string of the molecule is COc1cccc(C(=O)C(=O)N2CCC(CC3CCN(c4ccc(C(O)N(C)C)c(Cl)c4)CC3)CC2)c1. The molecule has 7 nitrogen and oxygen atoms in total. The van der Waals surface area contributed by atoms with Crippen molar-refractivity contribution < 1.29 is 19.4 Å². The molecule has 37 heavy (non-hydrogen) atoms. The zero-order chi connectivity index (χ0) is 26.5. The van der Waals surface area contributed by atoms with Crippen LogP contribution in [0.1, 0.15) is 54.3 Å². The number of Topliss-reactive ketones (excluding diaryl/α,β-unsaturated/α-hetero) is 1. The number of likely N-dealkylation sites (tertiary alicyclic amines) is 1. The normalized spacial score (nSPS) is 18.2. The molecule has 0 aromatic heterocycles. The Morgan fingerprint density at radius 1 is 1.03 bits per heavy atom. The summed E-state index contributed by atoms with van der Waals surface area (Å²) in [6.45, 7) is 3.26. The quantitative estimate of drug-likeness (QED) is 0.306. The zero-order valence-electron chi connectivity index (χ0n) is 22.0. The predicted molar refractivity (Wildman–Crippen MR) is 146 cm³/mol. The molecule has 1 unspecified atom stereocenters. The molecular formula is C29H38ClN3O4. The topological polar surface area (TPSA) is 73.3 Å². The van der Waals surface area contributed by atoms with Crippen molar-refractivity contribution in [2.75, 3.05) is 52.3 Å². The summed E-state index contributed by atoms with van der Waals surface area (Å²) in [4.78, 5) is 31.3. The smallest absolute Gasteiger partial charge is 0.294 e. The van der Waals surface area contributed by atoms with E-state index in [9.17, 15) is 14.7 Å². The van der Waals surface area contributed by atoms with Gasteiger partial charge in [0, 0.05) is 48.0 Å². The Kier molecular flexibility index (Phi) is 9.11. The van der Waals surface area contributed by atoms with Gasteiger partial charge in [-0.15, -0.1) is 0 Å². The predicted octanol–water partition coefficient (Wildman–Crippen LogP) is 4.63. The molecule has 200 valence electrons. The molecule has 2 aromatic carbocycles. The van der Waals surface area contributed by atoms with E-state index in [1.165, 1.54) is 6.42 Å². The van der Waals surface area contributed by atoms with Gasteiger partial charge in [0.2, 0.25) is 0 Å². The number of carbonyl (C=O) groups excluding carboxylic acids is 2. The summed E-state index contributed by atoms with van der Waals surface area (Å²) >= 11 is 6.48. The van der Waals surface area contributed by atoms with Crippen LogP contribution in [0.15, 0.2) is 42.5 Å². The Morgan fingerprint density at radius 2 is 1.68 bits per heavy atom. The fourth-order valence-electron chi connectivity index (χ4n) is 5.50. The van der Waals surface area contributed by atoms with E-state index in [0.717, 1.165) is 50.0 Å². The Balaban J connectivity index is 1.23. The van der Waals surface area contributed by atoms with Crippen LogP contribution in [-0.4, -0.2) is 74.0 Å². The molecule has 2 aromatic rings. The maximum absolute atomic E-state index is 12.8. The number of aliphatic hydroxyl groups excluding tert-OH is 1. The van der Waals surface area contributed by atoms with Gasteiger partial charge >= 0.3 is 0 Å². The molecule has 2 aliphatic heterocycles. The molecule has 0 saturated carbocycles. The summed E-state index contributed by atoms with van der Waals surface area (Å²) in [7, 11) is 5.19. The fourth-order valence-corrected chi connectivity index (χ4v) is 5.77. The standard InChI is InChI=1S/C29H38ClN3O4/c1-31(2)28(35)25-8-7-23(19-26(25)30)32-13-9-20(10-14-32)17-21-11-15-33(16-12-21)29(36)27(34)22-5-4-6-24(18-22)37-3/h4-8,18-21,28,35H,9-17H2,1-3H3. The van der Waals surface area contributed by atoms with E-state index in [0.29, 0.717) is 41.3 Å². The van der Waals surface area contributed by atoms with Crippen molar-refractivity contribution in [1.29, 1.82) is 0 Å². The number of anilines is 1. The Morgan fingerprint density at radius 3 is 2.27 bits per heavy atom. The van der Waals surface area contributed by atoms with Gasteiger partial charge in [0.05, 0.1) is 7.11 Å². The van der Waals surface area contributed by atoms with Crippen molar-refractivity contribution in [3.8, 4) is 5.75 Å². The molecule has 0 radical (unpaired) electrons. The van der Waals surface area contributed by atoms with Crippen LogP contribution >= 0.6 is 11.6 Å². The molecule has 2 aliphatic rings. The Bertz CT molecular complexity index is 1090. The van der Waals surface area contributed by atoms with E-state index in [4.69, 9.17) is 16.3 Å². The highest BCUT2D eigenvalue weighted by molar-refractivity contribution is 6.42. The number of methoxy groups -OCH3 is 1. The first-order chi connectivity index (χ1) is 17.8. The van der Waals surface area contributed by atoms with E-state index >= 15 is 0 Å². The van der Waals surface area contributed by atoms with Crippen LogP contribution in [0, 0.1) is 11.8 Å². The number of piperidine rings is 2. The van der Waals surface area contributed by atoms with Gasteiger partial charge in [-0.1, -0.05) is 29.8 Å². The molecule has 2 saturated heterocycles. The first-order valence-corrected chi connectivity index (χ1v) is 13.5. The van der Waals surface area contributed by atoms with Gasteiger partial charge in [-0.2, -0.15) is 0 Å². The number of hydrogen-bond acceptors (Lipinski definition) is 6. The van der Waals surface area contributed by atoms with Crippen molar-refractivity contribution in [3.05, 3.63) is 58.6 Å². The third-order valence-corrected chi connectivity index (χ3v) is 8.15. The number of benzene rings is 2. The number of rotatable bonds is 8. The lowest BCUT2D eigenvalue weighted by molar-refractivity contribution is -0.127. The van der Waals surface area contributed by atoms with Crippen LogP contribution in [0.3, 0.4) is 0 Å². The summed E-state index contributed by atoms with van der Waals surface area (Å²) in [6.07, 6.45) is 4.62. The highest BCUT2D eigenvalue weighted by Crippen LogP contribution is 2.34. The maximum atomic E-state index is 12.8. The van der Waals surface area contributed by atoms with Crippen LogP contribution in [0.4, 0.5) is 5.69 Å². The third-order valence-electron chi connectivity index (χ3n) is 7.83. The fraction of sp³-hybridized carbons (Fsp3) is 0.517. The van der Waals surface area contributed by atoms with Crippen LogP contribution in [-0.2, 0) is 4.79 Å². The molecule has 1 amide bonds. The van der Waals surface area contributed by atoms with E-state index < -0.39 is 17.9 Å². The maximum Gasteiger partial charge on any atom is 0.294 e. The molecule has 2 heterocycles. The van der Waals surface area contributed by atoms with E-state index in [2.05, 4.69) is 4.90 Å². The average Bonchev–Trinajstić information content (AvgIpc) is 2.92. The van der Waals surface area contributed by atoms with Crippen LogP contribution in [0.25, 0.3) is 0 Å². The third kappa shape index (κ3) is 6.64. The van der Waals surface area contributed by atoms with Crippen LogP contribution in [0.5, 0.6) is 5.75 Å². The molecule has 4 rings (SSSR count). The van der Waals surface area contributed by atoms with E-state index in [-0.39, 0.29) is 0 Å². The van der Waals surface area contributed by atoms with Gasteiger partial charge < -0.3 is 19.6 Å². The molecule has 0 spiro atoms. The number of ketones is 1. The Hall–Kier alpha value is -2.61. The van der Waals surface area contributed by atoms with Crippen molar-refractivity contribution in [2.24, 2.45) is 11.8 Å². The summed E-state index contributed by atoms with van der Waals surface area (Å²) in [5.74, 6) is 0.963. The highest BCUT2D eigenvalue weighted by atomic mass is 35.5. The molecule has 1 N–H and O–H groups in total. The first-order valence-electron chi connectivity index (χ1n) is 13.1. The number of halogens is 1. The number of nitrogens with zero attached hydrogens (tertiary/aromatic N) is 3. The minimum absolute atomic E-state index is 0.378. The number of amides is 1. The minimum atomic E-state index is -0.714. The van der Waals surface area contributed by atoms with Crippen molar-refractivity contribution >= 4 is 29.0 Å². The minimum Gasteiger partial charge on any atom is -0.497 e. The van der Waals surface area contributed by atoms with Gasteiger partial charge in [-0.25, -0.2) is 0 Å². The average molecular weight is 528 g/mol. The second-order valence-electron chi connectivity index (χ2n) is 10.5. The largest absolute Gasteiger partial charge is 0.497 e. The molecule has 8 heteroatoms. The molecule has 1 atom stereocenters. The summed E-state index contributed by atoms with van der Waals surface area (Å²) in [5, 5.41) is 10.9. The van der Waals surface area contributed by atoms with Crippen molar-refractivity contribution in [3.63, 3.8) is 0 Å².